The third kappa shape index (κ3) is 20.1. The molecule has 7 nitrogen and oxygen atoms in total. The maximum absolute atomic E-state index is 11.0. The molecule has 0 rings (SSSR count). The first-order valence-electron chi connectivity index (χ1n) is 12.1. The van der Waals surface area contributed by atoms with Crippen LogP contribution in [0.15, 0.2) is 0 Å². The fraction of sp³-hybridized carbons (Fsp3) is 0.913. The lowest BCUT2D eigenvalue weighted by molar-refractivity contribution is -0.141. The highest BCUT2D eigenvalue weighted by molar-refractivity contribution is 5.83. The van der Waals surface area contributed by atoms with Crippen LogP contribution in [0.2, 0.25) is 0 Å². The van der Waals surface area contributed by atoms with Gasteiger partial charge in [-0.25, -0.2) is 0 Å². The van der Waals surface area contributed by atoms with E-state index in [9.17, 15) is 9.59 Å². The molecule has 0 spiro atoms. The molecular formula is C23H48N4O3. The van der Waals surface area contributed by atoms with Crippen molar-refractivity contribution in [2.45, 2.75) is 96.4 Å². The first kappa shape index (κ1) is 28.8. The van der Waals surface area contributed by atoms with E-state index >= 15 is 0 Å². The quantitative estimate of drug-likeness (QED) is 0.186. The average molecular weight is 429 g/mol. The van der Waals surface area contributed by atoms with Crippen LogP contribution in [0.3, 0.4) is 0 Å². The van der Waals surface area contributed by atoms with E-state index < -0.39 is 17.9 Å². The number of nitrogens with one attached hydrogen (secondary N) is 2. The number of primary amides is 1. The van der Waals surface area contributed by atoms with Crippen molar-refractivity contribution in [2.75, 3.05) is 39.8 Å². The van der Waals surface area contributed by atoms with Gasteiger partial charge in [-0.15, -0.1) is 0 Å². The lowest BCUT2D eigenvalue weighted by atomic mass is 10.1. The lowest BCUT2D eigenvalue weighted by Gasteiger charge is -2.18. The fourth-order valence-electron chi connectivity index (χ4n) is 3.52. The van der Waals surface area contributed by atoms with Gasteiger partial charge in [-0.2, -0.15) is 0 Å². The summed E-state index contributed by atoms with van der Waals surface area (Å²) in [5, 5.41) is 15.5. The number of hydrogen-bond donors (Lipinski definition) is 4. The van der Waals surface area contributed by atoms with Crippen LogP contribution >= 0.6 is 0 Å². The second kappa shape index (κ2) is 21.1. The van der Waals surface area contributed by atoms with Crippen LogP contribution in [0.4, 0.5) is 0 Å². The molecule has 1 amide bonds. The maximum Gasteiger partial charge on any atom is 0.321 e. The van der Waals surface area contributed by atoms with E-state index in [1.165, 1.54) is 64.2 Å². The van der Waals surface area contributed by atoms with Gasteiger partial charge in [0.25, 0.3) is 0 Å². The number of hydrogen-bond acceptors (Lipinski definition) is 5. The van der Waals surface area contributed by atoms with E-state index in [2.05, 4.69) is 29.5 Å². The van der Waals surface area contributed by atoms with E-state index in [1.54, 1.807) is 0 Å². The minimum absolute atomic E-state index is 0.171. The van der Waals surface area contributed by atoms with Gasteiger partial charge in [0.2, 0.25) is 5.91 Å². The first-order chi connectivity index (χ1) is 14.5. The molecule has 30 heavy (non-hydrogen) atoms. The molecule has 0 aliphatic carbocycles. The molecule has 178 valence electrons. The summed E-state index contributed by atoms with van der Waals surface area (Å²) in [4.78, 5) is 24.2. The topological polar surface area (TPSA) is 108 Å². The fourth-order valence-corrected chi connectivity index (χ4v) is 3.52. The summed E-state index contributed by atoms with van der Waals surface area (Å²) in [6, 6.07) is -0.886. The van der Waals surface area contributed by atoms with E-state index in [0.29, 0.717) is 6.54 Å². The van der Waals surface area contributed by atoms with Crippen molar-refractivity contribution in [1.82, 2.24) is 15.5 Å². The highest BCUT2D eigenvalue weighted by atomic mass is 16.4. The number of rotatable bonds is 23. The van der Waals surface area contributed by atoms with Gasteiger partial charge in [0.1, 0.15) is 6.04 Å². The van der Waals surface area contributed by atoms with Crippen LogP contribution < -0.4 is 16.4 Å². The van der Waals surface area contributed by atoms with Crippen molar-refractivity contribution in [3.8, 4) is 0 Å². The van der Waals surface area contributed by atoms with Crippen LogP contribution in [0, 0.1) is 0 Å². The predicted octanol–water partition coefficient (Wildman–Crippen LogP) is 3.13. The molecule has 0 aromatic carbocycles. The van der Waals surface area contributed by atoms with Crippen molar-refractivity contribution < 1.29 is 14.7 Å². The second-order valence-electron chi connectivity index (χ2n) is 8.46. The van der Waals surface area contributed by atoms with E-state index in [4.69, 9.17) is 10.8 Å². The Kier molecular flexibility index (Phi) is 20.2. The van der Waals surface area contributed by atoms with Gasteiger partial charge in [0.15, 0.2) is 0 Å². The Morgan fingerprint density at radius 1 is 0.833 bits per heavy atom. The van der Waals surface area contributed by atoms with Crippen molar-refractivity contribution in [3.63, 3.8) is 0 Å². The third-order valence-electron chi connectivity index (χ3n) is 5.41. The molecule has 0 radical (unpaired) electrons. The van der Waals surface area contributed by atoms with Gasteiger partial charge in [-0.1, -0.05) is 64.7 Å². The van der Waals surface area contributed by atoms with Crippen molar-refractivity contribution in [1.29, 1.82) is 0 Å². The number of carbonyl (C=O) groups is 2. The summed E-state index contributed by atoms with van der Waals surface area (Å²) < 4.78 is 0. The minimum atomic E-state index is -1.03. The predicted molar refractivity (Wildman–Crippen MR) is 125 cm³/mol. The van der Waals surface area contributed by atoms with Crippen LogP contribution in [0.25, 0.3) is 0 Å². The molecule has 1 atom stereocenters. The normalized spacial score (nSPS) is 12.4. The Bertz CT molecular complexity index is 421. The van der Waals surface area contributed by atoms with Crippen LogP contribution in [-0.2, 0) is 9.59 Å². The number of carbonyl (C=O) groups excluding carboxylic acids is 1. The molecule has 7 heteroatoms. The zero-order chi connectivity index (χ0) is 22.5. The van der Waals surface area contributed by atoms with E-state index in [1.807, 2.05) is 0 Å². The molecule has 0 heterocycles. The second-order valence-corrected chi connectivity index (χ2v) is 8.46. The first-order valence-corrected chi connectivity index (χ1v) is 12.1. The Morgan fingerprint density at radius 3 is 1.87 bits per heavy atom. The molecule has 0 aromatic heterocycles. The Hall–Kier alpha value is -1.18. The Balaban J connectivity index is 3.38. The number of carboxylic acid groups (broad SMARTS) is 1. The summed E-state index contributed by atoms with van der Waals surface area (Å²) >= 11 is 0. The largest absolute Gasteiger partial charge is 0.480 e. The summed E-state index contributed by atoms with van der Waals surface area (Å²) in [6.07, 6.45) is 15.5. The molecule has 1 unspecified atom stereocenters. The Labute approximate surface area is 184 Å². The Morgan fingerprint density at radius 2 is 1.33 bits per heavy atom. The van der Waals surface area contributed by atoms with Crippen molar-refractivity contribution in [3.05, 3.63) is 0 Å². The number of nitrogens with zero attached hydrogens (tertiary/aromatic N) is 1. The summed E-state index contributed by atoms with van der Waals surface area (Å²) in [5.74, 6) is -1.63. The van der Waals surface area contributed by atoms with Gasteiger partial charge in [-0.05, 0) is 59.0 Å². The van der Waals surface area contributed by atoms with Gasteiger partial charge in [0.05, 0.1) is 6.42 Å². The van der Waals surface area contributed by atoms with Crippen LogP contribution in [0.5, 0.6) is 0 Å². The minimum Gasteiger partial charge on any atom is -0.480 e. The molecule has 5 N–H and O–H groups in total. The smallest absolute Gasteiger partial charge is 0.321 e. The highest BCUT2D eigenvalue weighted by Crippen LogP contribution is 2.10. The number of aliphatic carboxylic acids is 1. The zero-order valence-electron chi connectivity index (χ0n) is 19.6. The maximum atomic E-state index is 11.0. The number of amides is 1. The molecule has 0 fully saturated rings. The summed E-state index contributed by atoms with van der Waals surface area (Å²) in [5.41, 5.74) is 5.07. The number of nitrogens with two attached hydrogens (primary N) is 1. The average Bonchev–Trinajstić information content (AvgIpc) is 2.70. The number of carboxylic acids is 1. The molecule has 0 saturated carbocycles. The standard InChI is InChI=1S/C23H48N4O3/c1-3-4-5-6-7-8-9-10-11-12-15-25-16-13-18-27(2)19-14-17-26-21(23(29)30)20-22(24)28/h21,25-26H,3-20H2,1-2H3,(H2,24,28)(H,29,30). The van der Waals surface area contributed by atoms with Crippen molar-refractivity contribution in [2.24, 2.45) is 5.73 Å². The van der Waals surface area contributed by atoms with Gasteiger partial charge >= 0.3 is 5.97 Å². The number of unbranched alkanes of at least 4 members (excludes halogenated alkanes) is 9. The molecular weight excluding hydrogens is 380 g/mol. The third-order valence-corrected chi connectivity index (χ3v) is 5.41. The summed E-state index contributed by atoms with van der Waals surface area (Å²) in [7, 11) is 2.08. The van der Waals surface area contributed by atoms with Crippen LogP contribution in [0.1, 0.15) is 90.4 Å². The highest BCUT2D eigenvalue weighted by Gasteiger charge is 2.18. The molecule has 0 saturated heterocycles. The van der Waals surface area contributed by atoms with Crippen LogP contribution in [-0.4, -0.2) is 67.7 Å². The van der Waals surface area contributed by atoms with Gasteiger partial charge < -0.3 is 26.4 Å². The molecule has 0 aliphatic heterocycles. The monoisotopic (exact) mass is 428 g/mol. The summed E-state index contributed by atoms with van der Waals surface area (Å²) in [6.45, 7) is 6.90. The van der Waals surface area contributed by atoms with E-state index in [0.717, 1.165) is 39.0 Å². The van der Waals surface area contributed by atoms with E-state index in [-0.39, 0.29) is 6.42 Å². The lowest BCUT2D eigenvalue weighted by Crippen LogP contribution is -2.41. The molecule has 0 aromatic rings. The van der Waals surface area contributed by atoms with Gasteiger partial charge in [0, 0.05) is 0 Å². The molecule has 0 bridgehead atoms. The van der Waals surface area contributed by atoms with Crippen molar-refractivity contribution >= 4 is 11.9 Å². The van der Waals surface area contributed by atoms with Gasteiger partial charge in [-0.3, -0.25) is 9.59 Å². The SMILES string of the molecule is CCCCCCCCCCCCNCCCN(C)CCCNC(CC(N)=O)C(=O)O. The molecule has 0 aliphatic rings. The zero-order valence-corrected chi connectivity index (χ0v) is 19.6.